The minimum atomic E-state index is -1.01. The van der Waals surface area contributed by atoms with Gasteiger partial charge in [-0.3, -0.25) is 4.79 Å². The average Bonchev–Trinajstić information content (AvgIpc) is 3.35. The smallest absolute Gasteiger partial charge is 0.335 e. The van der Waals surface area contributed by atoms with E-state index in [4.69, 9.17) is 14.3 Å². The first-order valence-electron chi connectivity index (χ1n) is 8.89. The minimum Gasteiger partial charge on any atom is -0.497 e. The molecule has 2 heterocycles. The first kappa shape index (κ1) is 19.5. The Bertz CT molecular complexity index is 1180. The van der Waals surface area contributed by atoms with Gasteiger partial charge >= 0.3 is 5.97 Å². The molecule has 1 amide bonds. The molecule has 1 saturated heterocycles. The summed E-state index contributed by atoms with van der Waals surface area (Å²) >= 11 is 1.21. The number of rotatable bonds is 5. The molecule has 1 fully saturated rings. The number of benzene rings is 2. The van der Waals surface area contributed by atoms with Crippen LogP contribution in [-0.4, -0.2) is 29.3 Å². The van der Waals surface area contributed by atoms with E-state index in [0.717, 1.165) is 5.75 Å². The van der Waals surface area contributed by atoms with Crippen molar-refractivity contribution < 1.29 is 23.8 Å². The van der Waals surface area contributed by atoms with Gasteiger partial charge in [0.15, 0.2) is 5.17 Å². The fraction of sp³-hybridized carbons (Fsp3) is 0.0455. The molecule has 0 spiro atoms. The van der Waals surface area contributed by atoms with E-state index in [9.17, 15) is 9.59 Å². The Morgan fingerprint density at radius 1 is 1.17 bits per heavy atom. The summed E-state index contributed by atoms with van der Waals surface area (Å²) < 4.78 is 10.9. The summed E-state index contributed by atoms with van der Waals surface area (Å²) in [7, 11) is 1.59. The normalized spacial score (nSPS) is 16.1. The largest absolute Gasteiger partial charge is 0.497 e. The van der Waals surface area contributed by atoms with Gasteiger partial charge < -0.3 is 19.6 Å². The number of thioether (sulfide) groups is 1. The van der Waals surface area contributed by atoms with Gasteiger partial charge in [0.05, 0.1) is 23.3 Å². The molecule has 2 aromatic carbocycles. The Morgan fingerprint density at radius 3 is 2.70 bits per heavy atom. The number of hydrogen-bond acceptors (Lipinski definition) is 6. The van der Waals surface area contributed by atoms with Gasteiger partial charge in [-0.05, 0) is 60.3 Å². The third-order valence-electron chi connectivity index (χ3n) is 4.25. The Balaban J connectivity index is 1.52. The van der Waals surface area contributed by atoms with Gasteiger partial charge in [-0.25, -0.2) is 9.79 Å². The molecule has 150 valence electrons. The van der Waals surface area contributed by atoms with Crippen LogP contribution in [0, 0.1) is 0 Å². The van der Waals surface area contributed by atoms with Crippen LogP contribution in [0.3, 0.4) is 0 Å². The van der Waals surface area contributed by atoms with Gasteiger partial charge in [0, 0.05) is 11.6 Å². The molecule has 0 bridgehead atoms. The summed E-state index contributed by atoms with van der Waals surface area (Å²) in [5.74, 6) is 0.450. The van der Waals surface area contributed by atoms with E-state index in [1.807, 2.05) is 0 Å². The molecule has 30 heavy (non-hydrogen) atoms. The summed E-state index contributed by atoms with van der Waals surface area (Å²) in [6.07, 6.45) is 1.63. The SMILES string of the molecule is COc1ccc(N=C2NC(=O)/C(=C/c3ccc(-c4cccc(C(=O)O)c4)o3)S2)cc1. The lowest BCUT2D eigenvalue weighted by atomic mass is 10.1. The van der Waals surface area contributed by atoms with E-state index in [1.165, 1.54) is 23.9 Å². The number of carboxylic acid groups (broad SMARTS) is 1. The number of furan rings is 1. The highest BCUT2D eigenvalue weighted by Crippen LogP contribution is 2.30. The zero-order valence-electron chi connectivity index (χ0n) is 15.8. The van der Waals surface area contributed by atoms with Gasteiger partial charge in [-0.15, -0.1) is 0 Å². The van der Waals surface area contributed by atoms with Crippen molar-refractivity contribution in [2.75, 3.05) is 7.11 Å². The monoisotopic (exact) mass is 420 g/mol. The van der Waals surface area contributed by atoms with Crippen molar-refractivity contribution >= 4 is 40.6 Å². The van der Waals surface area contributed by atoms with E-state index in [-0.39, 0.29) is 11.5 Å². The maximum atomic E-state index is 12.3. The summed E-state index contributed by atoms with van der Waals surface area (Å²) in [5, 5.41) is 12.3. The molecule has 3 aromatic rings. The van der Waals surface area contributed by atoms with Crippen LogP contribution in [0.5, 0.6) is 5.75 Å². The lowest BCUT2D eigenvalue weighted by Gasteiger charge is -1.99. The number of carboxylic acids is 1. The number of methoxy groups -OCH3 is 1. The van der Waals surface area contributed by atoms with Crippen molar-refractivity contribution in [3.05, 3.63) is 76.9 Å². The number of nitrogens with zero attached hydrogens (tertiary/aromatic N) is 1. The van der Waals surface area contributed by atoms with Crippen LogP contribution in [0.15, 0.2) is 75.0 Å². The van der Waals surface area contributed by atoms with Gasteiger partial charge in [-0.2, -0.15) is 0 Å². The molecule has 2 N–H and O–H groups in total. The second-order valence-corrected chi connectivity index (χ2v) is 7.30. The van der Waals surface area contributed by atoms with Crippen LogP contribution in [0.1, 0.15) is 16.1 Å². The zero-order valence-corrected chi connectivity index (χ0v) is 16.6. The molecule has 0 atom stereocenters. The lowest BCUT2D eigenvalue weighted by Crippen LogP contribution is -2.19. The highest BCUT2D eigenvalue weighted by Gasteiger charge is 2.24. The fourth-order valence-electron chi connectivity index (χ4n) is 2.77. The number of amides is 1. The number of amidine groups is 1. The standard InChI is InChI=1S/C22H16N2O5S/c1-28-16-7-5-15(6-8-16)23-22-24-20(25)19(30-22)12-17-9-10-18(29-17)13-3-2-4-14(11-13)21(26)27/h2-12H,1H3,(H,26,27)(H,23,24,25)/b19-12-. The molecule has 0 unspecified atom stereocenters. The molecule has 7 nitrogen and oxygen atoms in total. The second-order valence-electron chi connectivity index (χ2n) is 6.27. The predicted octanol–water partition coefficient (Wildman–Crippen LogP) is 4.55. The third-order valence-corrected chi connectivity index (χ3v) is 5.16. The first-order valence-corrected chi connectivity index (χ1v) is 9.71. The van der Waals surface area contributed by atoms with Gasteiger partial charge in [0.2, 0.25) is 0 Å². The van der Waals surface area contributed by atoms with Crippen molar-refractivity contribution in [2.45, 2.75) is 0 Å². The van der Waals surface area contributed by atoms with Gasteiger partial charge in [0.1, 0.15) is 17.3 Å². The molecule has 0 aliphatic carbocycles. The summed E-state index contributed by atoms with van der Waals surface area (Å²) in [4.78, 5) is 28.3. The molecule has 4 rings (SSSR count). The van der Waals surface area contributed by atoms with Crippen molar-refractivity contribution in [3.8, 4) is 17.1 Å². The second kappa shape index (κ2) is 8.30. The van der Waals surface area contributed by atoms with Crippen LogP contribution >= 0.6 is 11.8 Å². The number of aromatic carboxylic acids is 1. The Hall–Kier alpha value is -3.78. The molecular weight excluding hydrogens is 404 g/mol. The fourth-order valence-corrected chi connectivity index (χ4v) is 3.60. The quantitative estimate of drug-likeness (QED) is 0.588. The van der Waals surface area contributed by atoms with Crippen LogP contribution in [0.25, 0.3) is 17.4 Å². The van der Waals surface area contributed by atoms with E-state index in [0.29, 0.717) is 32.8 Å². The Morgan fingerprint density at radius 2 is 1.97 bits per heavy atom. The van der Waals surface area contributed by atoms with E-state index < -0.39 is 5.97 Å². The van der Waals surface area contributed by atoms with E-state index in [2.05, 4.69) is 10.3 Å². The van der Waals surface area contributed by atoms with Gasteiger partial charge in [-0.1, -0.05) is 12.1 Å². The molecular formula is C22H16N2O5S. The minimum absolute atomic E-state index is 0.175. The zero-order chi connectivity index (χ0) is 21.1. The van der Waals surface area contributed by atoms with Crippen molar-refractivity contribution in [1.82, 2.24) is 5.32 Å². The molecule has 1 aliphatic heterocycles. The average molecular weight is 420 g/mol. The Labute approximate surface area is 176 Å². The van der Waals surface area contributed by atoms with Gasteiger partial charge in [0.25, 0.3) is 5.91 Å². The maximum absolute atomic E-state index is 12.3. The van der Waals surface area contributed by atoms with Crippen LogP contribution < -0.4 is 10.1 Å². The highest BCUT2D eigenvalue weighted by molar-refractivity contribution is 8.18. The topological polar surface area (TPSA) is 101 Å². The number of carbonyl (C=O) groups is 2. The number of nitrogens with one attached hydrogen (secondary N) is 1. The van der Waals surface area contributed by atoms with Crippen LogP contribution in [0.4, 0.5) is 5.69 Å². The molecule has 1 aliphatic rings. The Kier molecular flexibility index (Phi) is 5.40. The number of ether oxygens (including phenoxy) is 1. The molecule has 1 aromatic heterocycles. The van der Waals surface area contributed by atoms with E-state index in [1.54, 1.807) is 61.7 Å². The number of aliphatic imine (C=N–C) groups is 1. The van der Waals surface area contributed by atoms with Crippen molar-refractivity contribution in [1.29, 1.82) is 0 Å². The predicted molar refractivity (Wildman–Crippen MR) is 115 cm³/mol. The third kappa shape index (κ3) is 4.28. The summed E-state index contributed by atoms with van der Waals surface area (Å²) in [6, 6.07) is 17.1. The van der Waals surface area contributed by atoms with Crippen LogP contribution in [-0.2, 0) is 4.79 Å². The lowest BCUT2D eigenvalue weighted by molar-refractivity contribution is -0.115. The first-order chi connectivity index (χ1) is 14.5. The van der Waals surface area contributed by atoms with E-state index >= 15 is 0 Å². The number of hydrogen-bond donors (Lipinski definition) is 2. The summed E-state index contributed by atoms with van der Waals surface area (Å²) in [6.45, 7) is 0. The maximum Gasteiger partial charge on any atom is 0.335 e. The van der Waals surface area contributed by atoms with Crippen LogP contribution in [0.2, 0.25) is 0 Å². The number of carbonyl (C=O) groups excluding carboxylic acids is 1. The highest BCUT2D eigenvalue weighted by atomic mass is 32.2. The summed E-state index contributed by atoms with van der Waals surface area (Å²) in [5.41, 5.74) is 1.51. The molecule has 0 radical (unpaired) electrons. The van der Waals surface area contributed by atoms with Crippen molar-refractivity contribution in [2.24, 2.45) is 4.99 Å². The molecule has 0 saturated carbocycles. The molecule has 8 heteroatoms. The van der Waals surface area contributed by atoms with Crippen molar-refractivity contribution in [3.63, 3.8) is 0 Å².